The normalized spacial score (nSPS) is 10.6. The Labute approximate surface area is 167 Å². The second-order valence-corrected chi connectivity index (χ2v) is 7.50. The molecule has 1 N–H and O–H groups in total. The number of amides is 2. The van der Waals surface area contributed by atoms with E-state index in [1.54, 1.807) is 31.1 Å². The van der Waals surface area contributed by atoms with Gasteiger partial charge in [0.15, 0.2) is 0 Å². The van der Waals surface area contributed by atoms with Gasteiger partial charge in [-0.15, -0.1) is 0 Å². The van der Waals surface area contributed by atoms with Gasteiger partial charge in [0.25, 0.3) is 5.91 Å². The van der Waals surface area contributed by atoms with Crippen molar-refractivity contribution in [3.63, 3.8) is 0 Å². The summed E-state index contributed by atoms with van der Waals surface area (Å²) in [4.78, 5) is 25.9. The third-order valence-corrected chi connectivity index (χ3v) is 4.37. The maximum atomic E-state index is 12.6. The van der Waals surface area contributed by atoms with Crippen LogP contribution in [0.25, 0.3) is 0 Å². The summed E-state index contributed by atoms with van der Waals surface area (Å²) in [5, 5.41) is 2.92. The molecule has 0 spiro atoms. The summed E-state index contributed by atoms with van der Waals surface area (Å²) in [6, 6.07) is 14.8. The van der Waals surface area contributed by atoms with Crippen LogP contribution in [0.2, 0.25) is 0 Å². The predicted octanol–water partition coefficient (Wildman–Crippen LogP) is 4.38. The van der Waals surface area contributed by atoms with Gasteiger partial charge < -0.3 is 15.0 Å². The highest BCUT2D eigenvalue weighted by molar-refractivity contribution is 6.04. The molecule has 0 fully saturated rings. The summed E-state index contributed by atoms with van der Waals surface area (Å²) in [7, 11) is 3.50. The Kier molecular flexibility index (Phi) is 8.05. The summed E-state index contributed by atoms with van der Waals surface area (Å²) >= 11 is 0. The second kappa shape index (κ2) is 10.5. The molecule has 0 bridgehead atoms. The van der Waals surface area contributed by atoms with Crippen LogP contribution in [-0.4, -0.2) is 37.4 Å². The summed E-state index contributed by atoms with van der Waals surface area (Å²) < 4.78 is 5.73. The molecule has 2 amide bonds. The van der Waals surface area contributed by atoms with Crippen molar-refractivity contribution in [1.29, 1.82) is 0 Å². The zero-order valence-electron chi connectivity index (χ0n) is 17.2. The first-order valence-electron chi connectivity index (χ1n) is 9.68. The van der Waals surface area contributed by atoms with Gasteiger partial charge in [-0.2, -0.15) is 0 Å². The van der Waals surface area contributed by atoms with Crippen LogP contribution in [-0.2, 0) is 11.2 Å². The maximum Gasteiger partial charge on any atom is 0.255 e. The molecule has 28 heavy (non-hydrogen) atoms. The fourth-order valence-electron chi connectivity index (χ4n) is 2.62. The molecule has 0 saturated carbocycles. The van der Waals surface area contributed by atoms with E-state index < -0.39 is 0 Å². The highest BCUT2D eigenvalue weighted by atomic mass is 16.5. The van der Waals surface area contributed by atoms with Crippen LogP contribution in [0, 0.1) is 5.92 Å². The van der Waals surface area contributed by atoms with Crippen LogP contribution in [0.4, 0.5) is 5.69 Å². The van der Waals surface area contributed by atoms with Crippen molar-refractivity contribution in [2.24, 2.45) is 5.92 Å². The van der Waals surface area contributed by atoms with Gasteiger partial charge in [-0.25, -0.2) is 0 Å². The van der Waals surface area contributed by atoms with E-state index in [1.165, 1.54) is 0 Å². The summed E-state index contributed by atoms with van der Waals surface area (Å²) in [6.07, 6.45) is 2.06. The minimum Gasteiger partial charge on any atom is -0.494 e. The standard InChI is InChI=1S/C23H30N2O3/c1-17(2)13-14-28-21-10-6-8-19(16-21)23(27)24-20-9-5-7-18(15-20)11-12-22(26)25(3)4/h5-10,15-17H,11-14H2,1-4H3,(H,24,27). The molecule has 0 heterocycles. The molecule has 0 unspecified atom stereocenters. The zero-order valence-corrected chi connectivity index (χ0v) is 17.2. The Hall–Kier alpha value is -2.82. The molecule has 0 aliphatic carbocycles. The Bertz CT molecular complexity index is 800. The van der Waals surface area contributed by atoms with Gasteiger partial charge in [-0.1, -0.05) is 32.0 Å². The minimum atomic E-state index is -0.184. The lowest BCUT2D eigenvalue weighted by molar-refractivity contribution is -0.128. The van der Waals surface area contributed by atoms with Gasteiger partial charge in [0.05, 0.1) is 6.61 Å². The van der Waals surface area contributed by atoms with Crippen LogP contribution in [0.5, 0.6) is 5.75 Å². The molecule has 0 aromatic heterocycles. The average Bonchev–Trinajstić information content (AvgIpc) is 2.66. The lowest BCUT2D eigenvalue weighted by Gasteiger charge is -2.11. The first-order valence-corrected chi connectivity index (χ1v) is 9.68. The third-order valence-electron chi connectivity index (χ3n) is 4.37. The number of anilines is 1. The van der Waals surface area contributed by atoms with Crippen molar-refractivity contribution in [2.75, 3.05) is 26.0 Å². The SMILES string of the molecule is CC(C)CCOc1cccc(C(=O)Nc2cccc(CCC(=O)N(C)C)c2)c1. The zero-order chi connectivity index (χ0) is 20.5. The largest absolute Gasteiger partial charge is 0.494 e. The van der Waals surface area contributed by atoms with Crippen LogP contribution >= 0.6 is 0 Å². The highest BCUT2D eigenvalue weighted by Crippen LogP contribution is 2.17. The Morgan fingerprint density at radius 2 is 1.82 bits per heavy atom. The first-order chi connectivity index (χ1) is 13.3. The second-order valence-electron chi connectivity index (χ2n) is 7.50. The van der Waals surface area contributed by atoms with E-state index in [-0.39, 0.29) is 11.8 Å². The van der Waals surface area contributed by atoms with E-state index >= 15 is 0 Å². The molecule has 2 rings (SSSR count). The fraction of sp³-hybridized carbons (Fsp3) is 0.391. The molecule has 5 nitrogen and oxygen atoms in total. The molecular formula is C23H30N2O3. The molecule has 0 radical (unpaired) electrons. The number of carbonyl (C=O) groups is 2. The van der Waals surface area contributed by atoms with Crippen molar-refractivity contribution in [2.45, 2.75) is 33.1 Å². The summed E-state index contributed by atoms with van der Waals surface area (Å²) in [6.45, 7) is 4.94. The van der Waals surface area contributed by atoms with E-state index in [2.05, 4.69) is 19.2 Å². The Morgan fingerprint density at radius 3 is 2.54 bits per heavy atom. The van der Waals surface area contributed by atoms with Crippen LogP contribution in [0.3, 0.4) is 0 Å². The molecule has 0 saturated heterocycles. The molecule has 5 heteroatoms. The van der Waals surface area contributed by atoms with Gasteiger partial charge in [0.1, 0.15) is 5.75 Å². The van der Waals surface area contributed by atoms with E-state index in [4.69, 9.17) is 4.74 Å². The minimum absolute atomic E-state index is 0.0868. The smallest absolute Gasteiger partial charge is 0.255 e. The van der Waals surface area contributed by atoms with Gasteiger partial charge in [0, 0.05) is 31.8 Å². The Morgan fingerprint density at radius 1 is 1.07 bits per heavy atom. The molecule has 0 atom stereocenters. The predicted molar refractivity (Wildman–Crippen MR) is 113 cm³/mol. The number of nitrogens with zero attached hydrogens (tertiary/aromatic N) is 1. The van der Waals surface area contributed by atoms with Crippen LogP contribution in [0.1, 0.15) is 42.6 Å². The fourth-order valence-corrected chi connectivity index (χ4v) is 2.62. The van der Waals surface area contributed by atoms with Crippen molar-refractivity contribution in [1.82, 2.24) is 4.90 Å². The summed E-state index contributed by atoms with van der Waals surface area (Å²) in [5.41, 5.74) is 2.28. The quantitative estimate of drug-likeness (QED) is 0.700. The van der Waals surface area contributed by atoms with Crippen LogP contribution in [0.15, 0.2) is 48.5 Å². The maximum absolute atomic E-state index is 12.6. The molecule has 150 valence electrons. The van der Waals surface area contributed by atoms with Gasteiger partial charge in [-0.3, -0.25) is 9.59 Å². The van der Waals surface area contributed by atoms with Gasteiger partial charge in [-0.05, 0) is 54.7 Å². The summed E-state index contributed by atoms with van der Waals surface area (Å²) in [5.74, 6) is 1.18. The molecule has 2 aromatic rings. The topological polar surface area (TPSA) is 58.6 Å². The first kappa shape index (κ1) is 21.5. The number of carbonyl (C=O) groups excluding carboxylic acids is 2. The molecular weight excluding hydrogens is 352 g/mol. The lowest BCUT2D eigenvalue weighted by Crippen LogP contribution is -2.21. The number of nitrogens with one attached hydrogen (secondary N) is 1. The van der Waals surface area contributed by atoms with E-state index in [1.807, 2.05) is 36.4 Å². The molecule has 0 aliphatic heterocycles. The van der Waals surface area contributed by atoms with Gasteiger partial charge >= 0.3 is 0 Å². The monoisotopic (exact) mass is 382 g/mol. The van der Waals surface area contributed by atoms with Crippen molar-refractivity contribution < 1.29 is 14.3 Å². The number of benzene rings is 2. The van der Waals surface area contributed by atoms with Crippen LogP contribution < -0.4 is 10.1 Å². The highest BCUT2D eigenvalue weighted by Gasteiger charge is 2.09. The number of hydrogen-bond acceptors (Lipinski definition) is 3. The Balaban J connectivity index is 1.97. The van der Waals surface area contributed by atoms with Crippen molar-refractivity contribution in [3.05, 3.63) is 59.7 Å². The lowest BCUT2D eigenvalue weighted by atomic mass is 10.1. The number of hydrogen-bond donors (Lipinski definition) is 1. The average molecular weight is 383 g/mol. The van der Waals surface area contributed by atoms with Crippen molar-refractivity contribution >= 4 is 17.5 Å². The molecule has 2 aromatic carbocycles. The number of aryl methyl sites for hydroxylation is 1. The number of rotatable bonds is 9. The van der Waals surface area contributed by atoms with E-state index in [0.717, 1.165) is 12.0 Å². The number of ether oxygens (including phenoxy) is 1. The molecule has 0 aliphatic rings. The van der Waals surface area contributed by atoms with Gasteiger partial charge in [0.2, 0.25) is 5.91 Å². The van der Waals surface area contributed by atoms with E-state index in [9.17, 15) is 9.59 Å². The van der Waals surface area contributed by atoms with Crippen molar-refractivity contribution in [3.8, 4) is 5.75 Å². The van der Waals surface area contributed by atoms with E-state index in [0.29, 0.717) is 42.4 Å². The third kappa shape index (κ3) is 7.06.